The highest BCUT2D eigenvalue weighted by atomic mass is 32.1. The highest BCUT2D eigenvalue weighted by Gasteiger charge is 2.15. The number of carboxylic acids is 1. The van der Waals surface area contributed by atoms with E-state index in [0.717, 1.165) is 10.3 Å². The monoisotopic (exact) mass is 302 g/mol. The van der Waals surface area contributed by atoms with Crippen molar-refractivity contribution in [3.63, 3.8) is 0 Å². The predicted octanol–water partition coefficient (Wildman–Crippen LogP) is 3.60. The zero-order chi connectivity index (χ0) is 14.8. The molecule has 0 saturated heterocycles. The number of thiophene rings is 1. The molecule has 0 saturated carbocycles. The van der Waals surface area contributed by atoms with Gasteiger partial charge in [-0.3, -0.25) is 4.79 Å². The van der Waals surface area contributed by atoms with Crippen LogP contribution in [-0.2, 0) is 11.2 Å². The lowest BCUT2D eigenvalue weighted by atomic mass is 10.0. The predicted molar refractivity (Wildman–Crippen MR) is 80.2 cm³/mol. The maximum absolute atomic E-state index is 10.7. The Labute approximate surface area is 125 Å². The Kier molecular flexibility index (Phi) is 3.70. The van der Waals surface area contributed by atoms with Gasteiger partial charge in [-0.1, -0.05) is 25.1 Å². The Morgan fingerprint density at radius 1 is 1.38 bits per heavy atom. The molecule has 5 nitrogen and oxygen atoms in total. The van der Waals surface area contributed by atoms with Crippen LogP contribution in [0.15, 0.2) is 34.7 Å². The molecule has 3 aromatic rings. The topological polar surface area (TPSA) is 76.2 Å². The average molecular weight is 302 g/mol. The Balaban J connectivity index is 1.79. The smallest absolute Gasteiger partial charge is 0.303 e. The molecule has 0 aliphatic rings. The van der Waals surface area contributed by atoms with Crippen LogP contribution >= 0.6 is 11.3 Å². The van der Waals surface area contributed by atoms with E-state index in [0.29, 0.717) is 18.2 Å². The van der Waals surface area contributed by atoms with Gasteiger partial charge in [0.2, 0.25) is 5.89 Å². The maximum atomic E-state index is 10.7. The van der Waals surface area contributed by atoms with Crippen LogP contribution < -0.4 is 0 Å². The minimum Gasteiger partial charge on any atom is -0.481 e. The van der Waals surface area contributed by atoms with Crippen LogP contribution in [0.25, 0.3) is 20.9 Å². The first-order valence-corrected chi connectivity index (χ1v) is 7.46. The molecule has 2 aromatic heterocycles. The minimum absolute atomic E-state index is 0.0294. The molecule has 108 valence electrons. The molecular weight excluding hydrogens is 288 g/mol. The summed E-state index contributed by atoms with van der Waals surface area (Å²) in [6.45, 7) is 1.86. The molecule has 1 N–H and O–H groups in total. The number of hydrogen-bond donors (Lipinski definition) is 1. The molecule has 6 heteroatoms. The van der Waals surface area contributed by atoms with Crippen LogP contribution in [0.3, 0.4) is 0 Å². The summed E-state index contributed by atoms with van der Waals surface area (Å²) < 4.78 is 6.82. The van der Waals surface area contributed by atoms with Crippen molar-refractivity contribution in [3.05, 3.63) is 36.2 Å². The zero-order valence-electron chi connectivity index (χ0n) is 11.4. The molecule has 0 fully saturated rings. The molecule has 2 heterocycles. The molecular formula is C15H14N2O3S. The third-order valence-corrected chi connectivity index (χ3v) is 4.25. The van der Waals surface area contributed by atoms with E-state index in [-0.39, 0.29) is 12.3 Å². The normalized spacial score (nSPS) is 12.6. The first-order chi connectivity index (χ1) is 10.1. The molecule has 1 aromatic carbocycles. The number of aliphatic carboxylic acids is 1. The first kappa shape index (κ1) is 13.8. The van der Waals surface area contributed by atoms with Gasteiger partial charge in [0.05, 0.1) is 4.88 Å². The van der Waals surface area contributed by atoms with Crippen LogP contribution in [0.4, 0.5) is 0 Å². The Morgan fingerprint density at radius 3 is 2.95 bits per heavy atom. The number of fused-ring (bicyclic) bond motifs is 1. The van der Waals surface area contributed by atoms with E-state index in [1.807, 2.05) is 31.2 Å². The fraction of sp³-hybridized carbons (Fsp3) is 0.267. The summed E-state index contributed by atoms with van der Waals surface area (Å²) in [6, 6.07) is 10.1. The number of carbonyl (C=O) groups is 1. The van der Waals surface area contributed by atoms with Crippen molar-refractivity contribution in [3.8, 4) is 10.8 Å². The summed E-state index contributed by atoms with van der Waals surface area (Å²) in [5.41, 5.74) is 0. The molecule has 0 bridgehead atoms. The van der Waals surface area contributed by atoms with E-state index >= 15 is 0 Å². The summed E-state index contributed by atoms with van der Waals surface area (Å²) in [6.07, 6.45) is 0.574. The van der Waals surface area contributed by atoms with Crippen molar-refractivity contribution in [1.82, 2.24) is 10.2 Å². The summed E-state index contributed by atoms with van der Waals surface area (Å²) in [4.78, 5) is 11.6. The van der Waals surface area contributed by atoms with Crippen molar-refractivity contribution >= 4 is 27.4 Å². The maximum Gasteiger partial charge on any atom is 0.303 e. The number of hydrogen-bond acceptors (Lipinski definition) is 5. The average Bonchev–Trinajstić information content (AvgIpc) is 3.03. The van der Waals surface area contributed by atoms with Crippen LogP contribution in [0.1, 0.15) is 19.2 Å². The van der Waals surface area contributed by atoms with Crippen LogP contribution in [-0.4, -0.2) is 21.3 Å². The summed E-state index contributed by atoms with van der Waals surface area (Å²) >= 11 is 1.60. The van der Waals surface area contributed by atoms with Gasteiger partial charge in [0.1, 0.15) is 0 Å². The second-order valence-electron chi connectivity index (χ2n) is 5.06. The number of carboxylic acid groups (broad SMARTS) is 1. The molecule has 0 aliphatic heterocycles. The number of aromatic nitrogens is 2. The quantitative estimate of drug-likeness (QED) is 0.779. The highest BCUT2D eigenvalue weighted by Crippen LogP contribution is 2.32. The van der Waals surface area contributed by atoms with E-state index in [4.69, 9.17) is 9.52 Å². The van der Waals surface area contributed by atoms with Crippen molar-refractivity contribution in [2.24, 2.45) is 5.92 Å². The van der Waals surface area contributed by atoms with E-state index in [2.05, 4.69) is 16.3 Å². The van der Waals surface area contributed by atoms with Crippen molar-refractivity contribution in [1.29, 1.82) is 0 Å². The molecule has 1 atom stereocenters. The number of benzene rings is 1. The third kappa shape index (κ3) is 3.11. The van der Waals surface area contributed by atoms with Crippen molar-refractivity contribution in [2.45, 2.75) is 19.8 Å². The largest absolute Gasteiger partial charge is 0.481 e. The van der Waals surface area contributed by atoms with Crippen LogP contribution in [0.2, 0.25) is 0 Å². The molecule has 1 unspecified atom stereocenters. The zero-order valence-corrected chi connectivity index (χ0v) is 12.3. The summed E-state index contributed by atoms with van der Waals surface area (Å²) in [5, 5.41) is 18.0. The summed E-state index contributed by atoms with van der Waals surface area (Å²) in [7, 11) is 0. The Bertz CT molecular complexity index is 745. The second-order valence-corrected chi connectivity index (χ2v) is 6.14. The third-order valence-electron chi connectivity index (χ3n) is 3.15. The SMILES string of the molecule is CC(CC(=O)O)Cc1nnc(-c2cc3ccccc3s2)o1. The van der Waals surface area contributed by atoms with E-state index in [9.17, 15) is 4.79 Å². The van der Waals surface area contributed by atoms with Crippen LogP contribution in [0.5, 0.6) is 0 Å². The lowest BCUT2D eigenvalue weighted by molar-refractivity contribution is -0.137. The van der Waals surface area contributed by atoms with Gasteiger partial charge in [-0.25, -0.2) is 0 Å². The molecule has 3 rings (SSSR count). The standard InChI is InChI=1S/C15H14N2O3S/c1-9(7-14(18)19)6-13-16-17-15(20-13)12-8-10-4-2-3-5-11(10)21-12/h2-5,8-9H,6-7H2,1H3,(H,18,19). The fourth-order valence-electron chi connectivity index (χ4n) is 2.19. The van der Waals surface area contributed by atoms with E-state index < -0.39 is 5.97 Å². The molecule has 0 aliphatic carbocycles. The van der Waals surface area contributed by atoms with E-state index in [1.54, 1.807) is 11.3 Å². The summed E-state index contributed by atoms with van der Waals surface area (Å²) in [5.74, 6) is 0.134. The van der Waals surface area contributed by atoms with Gasteiger partial charge in [0.15, 0.2) is 0 Å². The van der Waals surface area contributed by atoms with E-state index in [1.165, 1.54) is 4.70 Å². The fourth-order valence-corrected chi connectivity index (χ4v) is 3.18. The minimum atomic E-state index is -0.813. The molecule has 0 radical (unpaired) electrons. The van der Waals surface area contributed by atoms with Gasteiger partial charge >= 0.3 is 5.97 Å². The second kappa shape index (κ2) is 5.65. The molecule has 0 amide bonds. The molecule has 0 spiro atoms. The van der Waals surface area contributed by atoms with Gasteiger partial charge in [-0.05, 0) is 23.4 Å². The van der Waals surface area contributed by atoms with Crippen LogP contribution in [0, 0.1) is 5.92 Å². The lowest BCUT2D eigenvalue weighted by Crippen LogP contribution is -2.07. The van der Waals surface area contributed by atoms with Crippen molar-refractivity contribution < 1.29 is 14.3 Å². The Hall–Kier alpha value is -2.21. The van der Waals surface area contributed by atoms with Gasteiger partial charge in [0.25, 0.3) is 5.89 Å². The van der Waals surface area contributed by atoms with Crippen molar-refractivity contribution in [2.75, 3.05) is 0 Å². The van der Waals surface area contributed by atoms with Gasteiger partial charge in [-0.15, -0.1) is 21.5 Å². The number of rotatable bonds is 5. The van der Waals surface area contributed by atoms with Gasteiger partial charge in [0, 0.05) is 17.5 Å². The van der Waals surface area contributed by atoms with Gasteiger partial charge in [-0.2, -0.15) is 0 Å². The lowest BCUT2D eigenvalue weighted by Gasteiger charge is -2.03. The first-order valence-electron chi connectivity index (χ1n) is 6.65. The highest BCUT2D eigenvalue weighted by molar-refractivity contribution is 7.22. The van der Waals surface area contributed by atoms with Gasteiger partial charge < -0.3 is 9.52 Å². The Morgan fingerprint density at radius 2 is 2.19 bits per heavy atom. The molecule has 21 heavy (non-hydrogen) atoms. The number of nitrogens with zero attached hydrogens (tertiary/aromatic N) is 2.